The monoisotopic (exact) mass is 418 g/mol. The van der Waals surface area contributed by atoms with E-state index in [1.807, 2.05) is 6.07 Å². The molecule has 0 radical (unpaired) electrons. The Kier molecular flexibility index (Phi) is 5.66. The summed E-state index contributed by atoms with van der Waals surface area (Å²) in [5.74, 6) is -0.940. The number of anilines is 2. The van der Waals surface area contributed by atoms with Crippen LogP contribution < -0.4 is 15.4 Å². The molecule has 4 aromatic rings. The highest BCUT2D eigenvalue weighted by Gasteiger charge is 2.25. The number of halogens is 1. The number of carbonyl (C=O) groups is 2. The SMILES string of the molecule is C[C@@H](Oc1ccccc1)C(=O)Nc1c(C(=O)Nc2ccc(F)cc2)oc2ccccc12. The Morgan fingerprint density at radius 1 is 0.903 bits per heavy atom. The van der Waals surface area contributed by atoms with Crippen molar-refractivity contribution < 1.29 is 23.1 Å². The van der Waals surface area contributed by atoms with Crippen LogP contribution in [0.15, 0.2) is 83.3 Å². The van der Waals surface area contributed by atoms with Crippen molar-refractivity contribution in [1.29, 1.82) is 0 Å². The molecule has 0 aliphatic heterocycles. The zero-order valence-electron chi connectivity index (χ0n) is 16.6. The molecule has 0 unspecified atom stereocenters. The van der Waals surface area contributed by atoms with E-state index in [0.29, 0.717) is 22.4 Å². The summed E-state index contributed by atoms with van der Waals surface area (Å²) in [6.07, 6.45) is -0.816. The van der Waals surface area contributed by atoms with Gasteiger partial charge in [-0.3, -0.25) is 9.59 Å². The van der Waals surface area contributed by atoms with Gasteiger partial charge in [0.15, 0.2) is 6.10 Å². The molecule has 0 saturated carbocycles. The first-order valence-corrected chi connectivity index (χ1v) is 9.62. The number of benzene rings is 3. The molecule has 0 saturated heterocycles. The number of para-hydroxylation sites is 2. The summed E-state index contributed by atoms with van der Waals surface area (Å²) < 4.78 is 24.5. The molecule has 7 heteroatoms. The predicted molar refractivity (Wildman–Crippen MR) is 116 cm³/mol. The van der Waals surface area contributed by atoms with Gasteiger partial charge >= 0.3 is 0 Å². The fourth-order valence-electron chi connectivity index (χ4n) is 3.03. The van der Waals surface area contributed by atoms with Gasteiger partial charge in [0.1, 0.15) is 22.8 Å². The highest BCUT2D eigenvalue weighted by Crippen LogP contribution is 2.32. The van der Waals surface area contributed by atoms with Gasteiger partial charge in [0.05, 0.1) is 0 Å². The molecule has 1 aromatic heterocycles. The van der Waals surface area contributed by atoms with Crippen molar-refractivity contribution in [3.05, 3.63) is 90.4 Å². The third-order valence-electron chi connectivity index (χ3n) is 4.58. The highest BCUT2D eigenvalue weighted by molar-refractivity contribution is 6.14. The maximum absolute atomic E-state index is 13.1. The Morgan fingerprint density at radius 2 is 1.58 bits per heavy atom. The maximum atomic E-state index is 13.1. The Hall–Kier alpha value is -4.13. The molecule has 1 atom stereocenters. The first-order valence-electron chi connectivity index (χ1n) is 9.62. The van der Waals surface area contributed by atoms with Gasteiger partial charge in [0.25, 0.3) is 11.8 Å². The molecule has 0 aliphatic carbocycles. The molecule has 2 amide bonds. The lowest BCUT2D eigenvalue weighted by Crippen LogP contribution is -2.30. The number of carbonyl (C=O) groups excluding carboxylic acids is 2. The van der Waals surface area contributed by atoms with Gasteiger partial charge in [0.2, 0.25) is 5.76 Å². The number of fused-ring (bicyclic) bond motifs is 1. The molecule has 0 fully saturated rings. The predicted octanol–water partition coefficient (Wildman–Crippen LogP) is 5.23. The average molecular weight is 418 g/mol. The third kappa shape index (κ3) is 4.56. The Bertz CT molecular complexity index is 1220. The molecule has 0 spiro atoms. The number of furan rings is 1. The summed E-state index contributed by atoms with van der Waals surface area (Å²) in [5.41, 5.74) is 1.08. The minimum atomic E-state index is -0.816. The molecule has 3 aromatic carbocycles. The minimum absolute atomic E-state index is 0.0641. The topological polar surface area (TPSA) is 80.6 Å². The molecule has 156 valence electrons. The van der Waals surface area contributed by atoms with Crippen LogP contribution in [0, 0.1) is 5.82 Å². The quantitative estimate of drug-likeness (QED) is 0.449. The van der Waals surface area contributed by atoms with Crippen molar-refractivity contribution >= 4 is 34.2 Å². The number of rotatable bonds is 6. The molecule has 0 bridgehead atoms. The van der Waals surface area contributed by atoms with Gasteiger partial charge in [-0.2, -0.15) is 0 Å². The van der Waals surface area contributed by atoms with Gasteiger partial charge in [-0.05, 0) is 55.5 Å². The van der Waals surface area contributed by atoms with Crippen molar-refractivity contribution in [3.8, 4) is 5.75 Å². The van der Waals surface area contributed by atoms with Crippen LogP contribution in [-0.2, 0) is 4.79 Å². The van der Waals surface area contributed by atoms with Crippen LogP contribution in [0.2, 0.25) is 0 Å². The maximum Gasteiger partial charge on any atom is 0.293 e. The number of ether oxygens (including phenoxy) is 1. The number of hydrogen-bond acceptors (Lipinski definition) is 4. The summed E-state index contributed by atoms with van der Waals surface area (Å²) in [4.78, 5) is 25.6. The molecule has 31 heavy (non-hydrogen) atoms. The van der Waals surface area contributed by atoms with Crippen LogP contribution >= 0.6 is 0 Å². The number of hydrogen-bond donors (Lipinski definition) is 2. The summed E-state index contributed by atoms with van der Waals surface area (Å²) in [7, 11) is 0. The van der Waals surface area contributed by atoms with E-state index in [0.717, 1.165) is 0 Å². The normalized spacial score (nSPS) is 11.7. The average Bonchev–Trinajstić information content (AvgIpc) is 3.14. The summed E-state index contributed by atoms with van der Waals surface area (Å²) in [5, 5.41) is 5.97. The van der Waals surface area contributed by atoms with Gasteiger partial charge in [-0.15, -0.1) is 0 Å². The second kappa shape index (κ2) is 8.71. The van der Waals surface area contributed by atoms with E-state index in [4.69, 9.17) is 9.15 Å². The first kappa shape index (κ1) is 20.2. The summed E-state index contributed by atoms with van der Waals surface area (Å²) in [6.45, 7) is 1.61. The Labute approximate surface area is 177 Å². The lowest BCUT2D eigenvalue weighted by Gasteiger charge is -2.15. The van der Waals surface area contributed by atoms with Crippen LogP contribution in [0.25, 0.3) is 11.0 Å². The number of nitrogens with one attached hydrogen (secondary N) is 2. The van der Waals surface area contributed by atoms with Crippen molar-refractivity contribution in [2.24, 2.45) is 0 Å². The highest BCUT2D eigenvalue weighted by atomic mass is 19.1. The molecule has 2 N–H and O–H groups in total. The Balaban J connectivity index is 1.59. The van der Waals surface area contributed by atoms with E-state index in [1.165, 1.54) is 24.3 Å². The first-order chi connectivity index (χ1) is 15.0. The standard InChI is InChI=1S/C24H19FN2O4/c1-15(30-18-7-3-2-4-8-18)23(28)27-21-19-9-5-6-10-20(19)31-22(21)24(29)26-17-13-11-16(25)12-14-17/h2-15H,1H3,(H,26,29)(H,27,28)/t15-/m1/s1. The molecule has 4 rings (SSSR count). The van der Waals surface area contributed by atoms with E-state index in [1.54, 1.807) is 55.5 Å². The molecule has 1 heterocycles. The van der Waals surface area contributed by atoms with Crippen molar-refractivity contribution in [3.63, 3.8) is 0 Å². The second-order valence-corrected chi connectivity index (χ2v) is 6.83. The van der Waals surface area contributed by atoms with Crippen LogP contribution in [-0.4, -0.2) is 17.9 Å². The van der Waals surface area contributed by atoms with Gasteiger partial charge < -0.3 is 19.8 Å². The smallest absolute Gasteiger partial charge is 0.293 e. The summed E-state index contributed by atoms with van der Waals surface area (Å²) >= 11 is 0. The summed E-state index contributed by atoms with van der Waals surface area (Å²) in [6, 6.07) is 21.3. The molecule has 6 nitrogen and oxygen atoms in total. The fraction of sp³-hybridized carbons (Fsp3) is 0.0833. The molecule has 0 aliphatic rings. The van der Waals surface area contributed by atoms with E-state index >= 15 is 0 Å². The minimum Gasteiger partial charge on any atom is -0.481 e. The van der Waals surface area contributed by atoms with Gasteiger partial charge in [0, 0.05) is 11.1 Å². The van der Waals surface area contributed by atoms with Gasteiger partial charge in [-0.1, -0.05) is 30.3 Å². The number of amides is 2. The molecular formula is C24H19FN2O4. The van der Waals surface area contributed by atoms with E-state index in [9.17, 15) is 14.0 Å². The zero-order valence-corrected chi connectivity index (χ0v) is 16.6. The van der Waals surface area contributed by atoms with E-state index in [-0.39, 0.29) is 11.4 Å². The lowest BCUT2D eigenvalue weighted by molar-refractivity contribution is -0.122. The third-order valence-corrected chi connectivity index (χ3v) is 4.58. The second-order valence-electron chi connectivity index (χ2n) is 6.83. The van der Waals surface area contributed by atoms with Crippen molar-refractivity contribution in [2.75, 3.05) is 10.6 Å². The van der Waals surface area contributed by atoms with Crippen molar-refractivity contribution in [2.45, 2.75) is 13.0 Å². The largest absolute Gasteiger partial charge is 0.481 e. The lowest BCUT2D eigenvalue weighted by atomic mass is 10.2. The fourth-order valence-corrected chi connectivity index (χ4v) is 3.03. The Morgan fingerprint density at radius 3 is 2.32 bits per heavy atom. The van der Waals surface area contributed by atoms with Crippen molar-refractivity contribution in [1.82, 2.24) is 0 Å². The van der Waals surface area contributed by atoms with Crippen LogP contribution in [0.3, 0.4) is 0 Å². The van der Waals surface area contributed by atoms with Crippen LogP contribution in [0.4, 0.5) is 15.8 Å². The van der Waals surface area contributed by atoms with E-state index in [2.05, 4.69) is 10.6 Å². The van der Waals surface area contributed by atoms with Gasteiger partial charge in [-0.25, -0.2) is 4.39 Å². The molecular weight excluding hydrogens is 399 g/mol. The van der Waals surface area contributed by atoms with Crippen LogP contribution in [0.1, 0.15) is 17.5 Å². The van der Waals surface area contributed by atoms with E-state index < -0.39 is 23.7 Å². The van der Waals surface area contributed by atoms with Crippen LogP contribution in [0.5, 0.6) is 5.75 Å². The zero-order chi connectivity index (χ0) is 21.8.